The van der Waals surface area contributed by atoms with Crippen molar-refractivity contribution in [2.45, 2.75) is 97.4 Å². The SMILES string of the molecule is CCOC1(C)CC(=O)[C@]12[C@H](C)C[C@H]1[C@@H]3C[C@H](C)C4=CC(=O)CC[C@]4(C)[C@@]3(F)[C@@H](O)C[C@@]12C. The maximum absolute atomic E-state index is 17.5. The van der Waals surface area contributed by atoms with Crippen LogP contribution < -0.4 is 0 Å². The zero-order valence-electron chi connectivity index (χ0n) is 20.5. The Hall–Kier alpha value is -1.07. The van der Waals surface area contributed by atoms with Crippen molar-refractivity contribution in [1.82, 2.24) is 0 Å². The van der Waals surface area contributed by atoms with Crippen molar-refractivity contribution in [1.29, 1.82) is 0 Å². The van der Waals surface area contributed by atoms with Crippen molar-refractivity contribution in [3.8, 4) is 0 Å². The fraction of sp³-hybridized carbons (Fsp3) is 0.852. The Morgan fingerprint density at radius 2 is 1.84 bits per heavy atom. The van der Waals surface area contributed by atoms with Crippen LogP contribution in [-0.4, -0.2) is 40.7 Å². The summed E-state index contributed by atoms with van der Waals surface area (Å²) in [7, 11) is 0. The number of carbonyl (C=O) groups excluding carboxylic acids is 2. The molecule has 0 aliphatic heterocycles. The van der Waals surface area contributed by atoms with E-state index >= 15 is 4.39 Å². The monoisotopic (exact) mass is 446 g/mol. The molecule has 5 aliphatic rings. The molecule has 0 amide bonds. The van der Waals surface area contributed by atoms with Gasteiger partial charge >= 0.3 is 0 Å². The van der Waals surface area contributed by atoms with Crippen LogP contribution in [0.1, 0.15) is 80.1 Å². The number of allylic oxidation sites excluding steroid dienone is 1. The quantitative estimate of drug-likeness (QED) is 0.660. The predicted molar refractivity (Wildman–Crippen MR) is 120 cm³/mol. The largest absolute Gasteiger partial charge is 0.390 e. The predicted octanol–water partition coefficient (Wildman–Crippen LogP) is 4.83. The summed E-state index contributed by atoms with van der Waals surface area (Å²) in [5, 5.41) is 11.6. The van der Waals surface area contributed by atoms with Crippen LogP contribution in [-0.2, 0) is 14.3 Å². The number of aliphatic hydroxyl groups is 1. The number of carbonyl (C=O) groups is 2. The van der Waals surface area contributed by atoms with Gasteiger partial charge in [-0.25, -0.2) is 4.39 Å². The highest BCUT2D eigenvalue weighted by molar-refractivity contribution is 5.96. The van der Waals surface area contributed by atoms with Gasteiger partial charge in [-0.2, -0.15) is 0 Å². The molecule has 5 heteroatoms. The topological polar surface area (TPSA) is 63.6 Å². The van der Waals surface area contributed by atoms with E-state index in [0.717, 1.165) is 12.0 Å². The molecule has 4 saturated carbocycles. The summed E-state index contributed by atoms with van der Waals surface area (Å²) in [5.74, 6) is 0.148. The van der Waals surface area contributed by atoms with Crippen LogP contribution in [0, 0.1) is 39.9 Å². The Kier molecular flexibility index (Phi) is 4.63. The molecule has 0 saturated heterocycles. The Morgan fingerprint density at radius 1 is 1.16 bits per heavy atom. The normalized spacial score (nSPS) is 56.9. The number of rotatable bonds is 2. The van der Waals surface area contributed by atoms with E-state index in [2.05, 4.69) is 27.7 Å². The van der Waals surface area contributed by atoms with Crippen LogP contribution in [0.15, 0.2) is 11.6 Å². The molecule has 32 heavy (non-hydrogen) atoms. The summed E-state index contributed by atoms with van der Waals surface area (Å²) in [4.78, 5) is 25.7. The molecule has 0 aromatic carbocycles. The maximum Gasteiger partial charge on any atom is 0.155 e. The lowest BCUT2D eigenvalue weighted by molar-refractivity contribution is -0.265. The van der Waals surface area contributed by atoms with Crippen molar-refractivity contribution in [2.24, 2.45) is 39.9 Å². The molecule has 178 valence electrons. The van der Waals surface area contributed by atoms with Gasteiger partial charge in [-0.05, 0) is 68.8 Å². The average Bonchev–Trinajstić information content (AvgIpc) is 2.95. The van der Waals surface area contributed by atoms with E-state index in [4.69, 9.17) is 4.74 Å². The molecule has 1 unspecified atom stereocenters. The van der Waals surface area contributed by atoms with Crippen LogP contribution in [0.5, 0.6) is 0 Å². The number of Topliss-reactive ketones (excluding diaryl/α,β-unsaturated/α-hetero) is 1. The van der Waals surface area contributed by atoms with E-state index in [-0.39, 0.29) is 41.7 Å². The van der Waals surface area contributed by atoms with Crippen molar-refractivity contribution in [3.05, 3.63) is 11.6 Å². The Bertz CT molecular complexity index is 913. The summed E-state index contributed by atoms with van der Waals surface area (Å²) >= 11 is 0. The van der Waals surface area contributed by atoms with Crippen LogP contribution >= 0.6 is 0 Å². The lowest BCUT2D eigenvalue weighted by atomic mass is 9.37. The first-order valence-electron chi connectivity index (χ1n) is 12.6. The first kappa shape index (κ1) is 22.7. The van der Waals surface area contributed by atoms with E-state index in [1.54, 1.807) is 6.08 Å². The van der Waals surface area contributed by atoms with E-state index in [1.165, 1.54) is 0 Å². The number of ketones is 2. The Balaban J connectivity index is 1.65. The van der Waals surface area contributed by atoms with Crippen molar-refractivity contribution < 1.29 is 23.8 Å². The van der Waals surface area contributed by atoms with Crippen LogP contribution in [0.2, 0.25) is 0 Å². The molecule has 0 heterocycles. The van der Waals surface area contributed by atoms with Crippen molar-refractivity contribution >= 4 is 11.6 Å². The first-order chi connectivity index (χ1) is 14.8. The number of fused-ring (bicyclic) bond motifs is 6. The number of aliphatic hydroxyl groups excluding tert-OH is 1. The molecule has 5 rings (SSSR count). The number of halogens is 1. The van der Waals surface area contributed by atoms with Gasteiger partial charge in [0.15, 0.2) is 5.78 Å². The summed E-state index contributed by atoms with van der Waals surface area (Å²) in [6.45, 7) is 12.9. The van der Waals surface area contributed by atoms with Gasteiger partial charge < -0.3 is 9.84 Å². The second-order valence-corrected chi connectivity index (χ2v) is 12.4. The molecule has 0 radical (unpaired) electrons. The number of hydrogen-bond donors (Lipinski definition) is 1. The van der Waals surface area contributed by atoms with Gasteiger partial charge in [0.1, 0.15) is 11.5 Å². The second kappa shape index (κ2) is 6.53. The zero-order chi connectivity index (χ0) is 23.5. The highest BCUT2D eigenvalue weighted by Crippen LogP contribution is 2.79. The Morgan fingerprint density at radius 3 is 2.47 bits per heavy atom. The van der Waals surface area contributed by atoms with Gasteiger partial charge in [0, 0.05) is 30.8 Å². The van der Waals surface area contributed by atoms with Gasteiger partial charge in [0.2, 0.25) is 0 Å². The molecular formula is C27H39FO4. The molecule has 10 atom stereocenters. The zero-order valence-corrected chi connectivity index (χ0v) is 20.5. The van der Waals surface area contributed by atoms with E-state index in [0.29, 0.717) is 32.3 Å². The van der Waals surface area contributed by atoms with Crippen molar-refractivity contribution in [2.75, 3.05) is 6.61 Å². The third-order valence-corrected chi connectivity index (χ3v) is 11.2. The lowest BCUT2D eigenvalue weighted by Gasteiger charge is -2.69. The highest BCUT2D eigenvalue weighted by Gasteiger charge is 2.82. The molecule has 0 aromatic heterocycles. The number of alkyl halides is 1. The fourth-order valence-corrected chi connectivity index (χ4v) is 10.3. The molecule has 1 spiro atoms. The lowest BCUT2D eigenvalue weighted by Crippen LogP contribution is -2.75. The van der Waals surface area contributed by atoms with Crippen LogP contribution in [0.3, 0.4) is 0 Å². The molecule has 0 bridgehead atoms. The molecule has 1 N–H and O–H groups in total. The summed E-state index contributed by atoms with van der Waals surface area (Å²) < 4.78 is 23.7. The number of hydrogen-bond acceptors (Lipinski definition) is 4. The molecule has 5 aliphatic carbocycles. The minimum atomic E-state index is -1.78. The van der Waals surface area contributed by atoms with Gasteiger partial charge in [-0.1, -0.05) is 33.3 Å². The van der Waals surface area contributed by atoms with Gasteiger partial charge in [-0.3, -0.25) is 9.59 Å². The molecule has 0 aromatic rings. The molecule has 4 nitrogen and oxygen atoms in total. The number of ether oxygens (including phenoxy) is 1. The first-order valence-corrected chi connectivity index (χ1v) is 12.6. The maximum atomic E-state index is 17.5. The van der Waals surface area contributed by atoms with Crippen LogP contribution in [0.25, 0.3) is 0 Å². The van der Waals surface area contributed by atoms with E-state index < -0.39 is 33.6 Å². The molecular weight excluding hydrogens is 407 g/mol. The smallest absolute Gasteiger partial charge is 0.155 e. The Labute approximate surface area is 191 Å². The minimum absolute atomic E-state index is 0.00776. The van der Waals surface area contributed by atoms with Gasteiger partial charge in [-0.15, -0.1) is 0 Å². The summed E-state index contributed by atoms with van der Waals surface area (Å²) in [6, 6.07) is 0. The van der Waals surface area contributed by atoms with Crippen molar-refractivity contribution in [3.63, 3.8) is 0 Å². The highest BCUT2D eigenvalue weighted by atomic mass is 19.1. The average molecular weight is 447 g/mol. The third kappa shape index (κ3) is 2.17. The molecule has 4 fully saturated rings. The van der Waals surface area contributed by atoms with Crippen LogP contribution in [0.4, 0.5) is 4.39 Å². The standard InChI is InChI=1S/C27H39FO4/c1-7-32-25(6)14-21(30)26(25)16(3)11-19-20-10-15(2)18-12-17(29)8-9-23(18,4)27(20,28)22(31)13-24(19,26)5/h12,15-16,19-20,22,31H,7-11,13-14H2,1-6H3/t15-,16+,19-,20-,22-,23-,24-,25?,26-,27-/m0/s1. The van der Waals surface area contributed by atoms with Gasteiger partial charge in [0.05, 0.1) is 17.1 Å². The summed E-state index contributed by atoms with van der Waals surface area (Å²) in [6.07, 6.45) is 3.37. The van der Waals surface area contributed by atoms with E-state index in [9.17, 15) is 14.7 Å². The summed E-state index contributed by atoms with van der Waals surface area (Å²) in [5.41, 5.74) is -3.48. The fourth-order valence-electron chi connectivity index (χ4n) is 10.3. The van der Waals surface area contributed by atoms with Gasteiger partial charge in [0.25, 0.3) is 0 Å². The minimum Gasteiger partial charge on any atom is -0.390 e. The second-order valence-electron chi connectivity index (χ2n) is 12.4. The third-order valence-electron chi connectivity index (χ3n) is 11.2. The van der Waals surface area contributed by atoms with E-state index in [1.807, 2.05) is 13.8 Å².